The lowest BCUT2D eigenvalue weighted by Crippen LogP contribution is -2.26. The Morgan fingerprint density at radius 1 is 1.30 bits per heavy atom. The van der Waals surface area contributed by atoms with Crippen molar-refractivity contribution >= 4 is 11.6 Å². The second-order valence-electron chi connectivity index (χ2n) is 6.04. The Morgan fingerprint density at radius 2 is 2.05 bits per heavy atom. The minimum Gasteiger partial charge on any atom is -0.399 e. The van der Waals surface area contributed by atoms with Gasteiger partial charge in [0.05, 0.1) is 0 Å². The predicted molar refractivity (Wildman–Crippen MR) is 83.1 cm³/mol. The Bertz CT molecular complexity index is 438. The zero-order valence-corrected chi connectivity index (χ0v) is 12.5. The molecular weight excluding hydrogens is 248 g/mol. The molecular formula is C17H26N2O. The number of carbonyl (C=O) groups excluding carboxylic acids is 1. The Balaban J connectivity index is 1.76. The molecule has 0 radical (unpaired) electrons. The first-order valence-corrected chi connectivity index (χ1v) is 7.73. The average Bonchev–Trinajstić information content (AvgIpc) is 2.46. The normalized spacial score (nSPS) is 16.1. The average molecular weight is 274 g/mol. The predicted octanol–water partition coefficient (Wildman–Crippen LogP) is 3.59. The molecule has 0 aliphatic heterocycles. The molecule has 1 aromatic rings. The molecule has 0 bridgehead atoms. The molecule has 1 saturated carbocycles. The molecule has 0 atom stereocenters. The van der Waals surface area contributed by atoms with Crippen LogP contribution in [0.25, 0.3) is 0 Å². The van der Waals surface area contributed by atoms with E-state index < -0.39 is 0 Å². The summed E-state index contributed by atoms with van der Waals surface area (Å²) in [4.78, 5) is 14.0. The maximum Gasteiger partial charge on any atom is 0.222 e. The highest BCUT2D eigenvalue weighted by atomic mass is 16.2. The molecule has 3 nitrogen and oxygen atoms in total. The Morgan fingerprint density at radius 3 is 2.75 bits per heavy atom. The van der Waals surface area contributed by atoms with Crippen LogP contribution in [0.1, 0.15) is 50.5 Å². The molecule has 0 heterocycles. The van der Waals surface area contributed by atoms with E-state index in [-0.39, 0.29) is 5.91 Å². The molecule has 0 saturated heterocycles. The first-order valence-electron chi connectivity index (χ1n) is 7.73. The van der Waals surface area contributed by atoms with Gasteiger partial charge in [-0.05, 0) is 30.0 Å². The second kappa shape index (κ2) is 7.32. The maximum absolute atomic E-state index is 12.2. The van der Waals surface area contributed by atoms with Crippen molar-refractivity contribution in [3.63, 3.8) is 0 Å². The summed E-state index contributed by atoms with van der Waals surface area (Å²) in [5.74, 6) is 1.02. The van der Waals surface area contributed by atoms with E-state index >= 15 is 0 Å². The van der Waals surface area contributed by atoms with Crippen LogP contribution in [-0.4, -0.2) is 17.9 Å². The summed E-state index contributed by atoms with van der Waals surface area (Å²) in [6.07, 6.45) is 8.43. The SMILES string of the molecule is CN(Cc1cccc(N)c1)C(=O)CCC1CCCCC1. The smallest absolute Gasteiger partial charge is 0.222 e. The van der Waals surface area contributed by atoms with Gasteiger partial charge < -0.3 is 10.6 Å². The van der Waals surface area contributed by atoms with Crippen LogP contribution < -0.4 is 5.73 Å². The molecule has 2 N–H and O–H groups in total. The van der Waals surface area contributed by atoms with Crippen LogP contribution in [0.3, 0.4) is 0 Å². The summed E-state index contributed by atoms with van der Waals surface area (Å²) in [6, 6.07) is 7.76. The van der Waals surface area contributed by atoms with Crippen molar-refractivity contribution in [2.24, 2.45) is 5.92 Å². The third-order valence-corrected chi connectivity index (χ3v) is 4.29. The molecule has 20 heavy (non-hydrogen) atoms. The van der Waals surface area contributed by atoms with Crippen molar-refractivity contribution in [3.8, 4) is 0 Å². The summed E-state index contributed by atoms with van der Waals surface area (Å²) < 4.78 is 0. The van der Waals surface area contributed by atoms with E-state index in [0.29, 0.717) is 13.0 Å². The number of rotatable bonds is 5. The molecule has 2 rings (SSSR count). The van der Waals surface area contributed by atoms with Gasteiger partial charge in [-0.15, -0.1) is 0 Å². The summed E-state index contributed by atoms with van der Waals surface area (Å²) in [5.41, 5.74) is 7.61. The molecule has 0 aromatic heterocycles. The topological polar surface area (TPSA) is 46.3 Å². The molecule has 3 heteroatoms. The summed E-state index contributed by atoms with van der Waals surface area (Å²) in [6.45, 7) is 0.647. The fraction of sp³-hybridized carbons (Fsp3) is 0.588. The lowest BCUT2D eigenvalue weighted by molar-refractivity contribution is -0.130. The quantitative estimate of drug-likeness (QED) is 0.834. The molecule has 1 amide bonds. The fourth-order valence-electron chi connectivity index (χ4n) is 3.05. The maximum atomic E-state index is 12.2. The van der Waals surface area contributed by atoms with E-state index in [1.54, 1.807) is 0 Å². The number of carbonyl (C=O) groups is 1. The molecule has 1 aliphatic rings. The van der Waals surface area contributed by atoms with E-state index in [1.807, 2.05) is 36.2 Å². The van der Waals surface area contributed by atoms with Crippen LogP contribution in [0.5, 0.6) is 0 Å². The minimum atomic E-state index is 0.248. The van der Waals surface area contributed by atoms with Crippen LogP contribution in [0.15, 0.2) is 24.3 Å². The van der Waals surface area contributed by atoms with Crippen molar-refractivity contribution in [3.05, 3.63) is 29.8 Å². The third kappa shape index (κ3) is 4.55. The third-order valence-electron chi connectivity index (χ3n) is 4.29. The van der Waals surface area contributed by atoms with Gasteiger partial charge in [-0.3, -0.25) is 4.79 Å². The van der Waals surface area contributed by atoms with Gasteiger partial charge in [0.1, 0.15) is 0 Å². The molecule has 0 unspecified atom stereocenters. The first-order chi connectivity index (χ1) is 9.65. The van der Waals surface area contributed by atoms with Crippen LogP contribution in [0.4, 0.5) is 5.69 Å². The Hall–Kier alpha value is -1.51. The molecule has 1 fully saturated rings. The highest BCUT2D eigenvalue weighted by Crippen LogP contribution is 2.27. The highest BCUT2D eigenvalue weighted by Gasteiger charge is 2.16. The number of nitrogens with zero attached hydrogens (tertiary/aromatic N) is 1. The molecule has 110 valence electrons. The van der Waals surface area contributed by atoms with Crippen molar-refractivity contribution < 1.29 is 4.79 Å². The first kappa shape index (κ1) is 14.9. The van der Waals surface area contributed by atoms with Crippen molar-refractivity contribution in [2.45, 2.75) is 51.5 Å². The number of nitrogens with two attached hydrogens (primary N) is 1. The van der Waals surface area contributed by atoms with Gasteiger partial charge in [-0.2, -0.15) is 0 Å². The van der Waals surface area contributed by atoms with Crippen molar-refractivity contribution in [2.75, 3.05) is 12.8 Å². The summed E-state index contributed by atoms with van der Waals surface area (Å²) >= 11 is 0. The number of amides is 1. The van der Waals surface area contributed by atoms with Crippen LogP contribution in [0, 0.1) is 5.92 Å². The van der Waals surface area contributed by atoms with Gasteiger partial charge in [0.15, 0.2) is 0 Å². The zero-order chi connectivity index (χ0) is 14.4. The molecule has 1 aromatic carbocycles. The fourth-order valence-corrected chi connectivity index (χ4v) is 3.05. The van der Waals surface area contributed by atoms with Crippen LogP contribution >= 0.6 is 0 Å². The molecule has 1 aliphatic carbocycles. The molecule has 0 spiro atoms. The Kier molecular flexibility index (Phi) is 5.45. The standard InChI is InChI=1S/C17H26N2O/c1-19(13-15-8-5-9-16(18)12-15)17(20)11-10-14-6-3-2-4-7-14/h5,8-9,12,14H,2-4,6-7,10-11,13,18H2,1H3. The van der Waals surface area contributed by atoms with Gasteiger partial charge in [0, 0.05) is 25.7 Å². The van der Waals surface area contributed by atoms with Gasteiger partial charge in [0.25, 0.3) is 0 Å². The van der Waals surface area contributed by atoms with Crippen LogP contribution in [-0.2, 0) is 11.3 Å². The van der Waals surface area contributed by atoms with Crippen molar-refractivity contribution in [1.82, 2.24) is 4.90 Å². The van der Waals surface area contributed by atoms with Gasteiger partial charge in [0.2, 0.25) is 5.91 Å². The van der Waals surface area contributed by atoms with Crippen molar-refractivity contribution in [1.29, 1.82) is 0 Å². The van der Waals surface area contributed by atoms with Gasteiger partial charge in [-0.25, -0.2) is 0 Å². The van der Waals surface area contributed by atoms with Gasteiger partial charge >= 0.3 is 0 Å². The summed E-state index contributed by atoms with van der Waals surface area (Å²) in [7, 11) is 1.88. The van der Waals surface area contributed by atoms with E-state index in [1.165, 1.54) is 32.1 Å². The van der Waals surface area contributed by atoms with E-state index in [0.717, 1.165) is 23.6 Å². The van der Waals surface area contributed by atoms with Crippen LogP contribution in [0.2, 0.25) is 0 Å². The number of benzene rings is 1. The van der Waals surface area contributed by atoms with Gasteiger partial charge in [-0.1, -0.05) is 44.2 Å². The number of hydrogen-bond acceptors (Lipinski definition) is 2. The minimum absolute atomic E-state index is 0.248. The number of nitrogen functional groups attached to an aromatic ring is 1. The monoisotopic (exact) mass is 274 g/mol. The van der Waals surface area contributed by atoms with E-state index in [2.05, 4.69) is 0 Å². The lowest BCUT2D eigenvalue weighted by Gasteiger charge is -2.23. The number of hydrogen-bond donors (Lipinski definition) is 1. The second-order valence-corrected chi connectivity index (χ2v) is 6.04. The number of anilines is 1. The largest absolute Gasteiger partial charge is 0.399 e. The lowest BCUT2D eigenvalue weighted by atomic mass is 9.86. The highest BCUT2D eigenvalue weighted by molar-refractivity contribution is 5.75. The Labute approximate surface area is 122 Å². The summed E-state index contributed by atoms with van der Waals surface area (Å²) in [5, 5.41) is 0. The van der Waals surface area contributed by atoms with E-state index in [9.17, 15) is 4.79 Å². The van der Waals surface area contributed by atoms with E-state index in [4.69, 9.17) is 5.73 Å². The zero-order valence-electron chi connectivity index (χ0n) is 12.5.